The summed E-state index contributed by atoms with van der Waals surface area (Å²) in [5.74, 6) is -0.816. The van der Waals surface area contributed by atoms with Gasteiger partial charge in [-0.3, -0.25) is 9.59 Å². The Morgan fingerprint density at radius 2 is 1.16 bits per heavy atom. The van der Waals surface area contributed by atoms with Gasteiger partial charge in [0.1, 0.15) is 10.00 Å². The van der Waals surface area contributed by atoms with Crippen molar-refractivity contribution >= 4 is 37.1 Å². The molecule has 0 radical (unpaired) electrons. The molecule has 1 heterocycles. The smallest absolute Gasteiger partial charge is 0.295 e. The van der Waals surface area contributed by atoms with Crippen LogP contribution in [-0.2, 0) is 9.59 Å². The highest BCUT2D eigenvalue weighted by molar-refractivity contribution is 7.87. The molecule has 1 aromatic heterocycles. The van der Waals surface area contributed by atoms with Crippen molar-refractivity contribution in [1.82, 2.24) is 0 Å². The minimum absolute atomic E-state index is 0.206. The van der Waals surface area contributed by atoms with E-state index in [0.717, 1.165) is 38.5 Å². The normalized spacial score (nSPS) is 13.7. The van der Waals surface area contributed by atoms with Crippen molar-refractivity contribution in [3.05, 3.63) is 30.6 Å². The Balaban J connectivity index is 2.55. The van der Waals surface area contributed by atoms with E-state index >= 15 is 0 Å². The van der Waals surface area contributed by atoms with Crippen LogP contribution in [0, 0.1) is 0 Å². The Kier molecular flexibility index (Phi) is 19.8. The predicted octanol–water partition coefficient (Wildman–Crippen LogP) is 7.34. The summed E-state index contributed by atoms with van der Waals surface area (Å²) >= 11 is 9.27. The minimum atomic E-state index is -1.25. The molecule has 1 aromatic rings. The number of pyridine rings is 1. The Hall–Kier alpha value is -1.21. The van der Waals surface area contributed by atoms with Gasteiger partial charge in [0, 0.05) is 12.1 Å². The number of primary amides is 1. The number of hydrogen-bond acceptors (Lipinski definition) is 4. The van der Waals surface area contributed by atoms with Crippen molar-refractivity contribution in [1.29, 1.82) is 0 Å². The molecule has 218 valence electrons. The maximum atomic E-state index is 13.9. The van der Waals surface area contributed by atoms with E-state index in [2.05, 4.69) is 26.5 Å². The van der Waals surface area contributed by atoms with Crippen LogP contribution in [0.1, 0.15) is 136 Å². The summed E-state index contributed by atoms with van der Waals surface area (Å²) in [6, 6.07) is 5.73. The molecule has 38 heavy (non-hydrogen) atoms. The molecule has 7 heteroatoms. The van der Waals surface area contributed by atoms with Crippen LogP contribution in [0.2, 0.25) is 0 Å². The summed E-state index contributed by atoms with van der Waals surface area (Å²) in [7, 11) is 0. The highest BCUT2D eigenvalue weighted by Gasteiger charge is 2.48. The van der Waals surface area contributed by atoms with E-state index in [1.54, 1.807) is 5.01 Å². The standard InChI is InChI=1S/C31H55N3O2S2/c1-3-5-7-9-10-11-12-13-14-15-16-17-18-23-27-34(33-25-21-19-22-26-33)30(36)31(38,28(37)29(32)35)24-20-8-6-4-2/h19,21-22,25-26,28H,3-18,20,23-24,27H2,1-2H3,(H3-,32,35,37,38)/p+1. The van der Waals surface area contributed by atoms with Gasteiger partial charge in [-0.25, -0.2) is 0 Å². The van der Waals surface area contributed by atoms with Gasteiger partial charge >= 0.3 is 0 Å². The van der Waals surface area contributed by atoms with Crippen LogP contribution in [0.25, 0.3) is 0 Å². The number of hydrogen-bond donors (Lipinski definition) is 3. The van der Waals surface area contributed by atoms with Crippen LogP contribution in [0.4, 0.5) is 0 Å². The first kappa shape index (κ1) is 34.8. The van der Waals surface area contributed by atoms with Crippen molar-refractivity contribution in [2.45, 2.75) is 146 Å². The number of aromatic nitrogens is 1. The van der Waals surface area contributed by atoms with Crippen LogP contribution in [-0.4, -0.2) is 28.4 Å². The second-order valence-electron chi connectivity index (χ2n) is 10.8. The van der Waals surface area contributed by atoms with E-state index in [0.29, 0.717) is 13.0 Å². The average molecular weight is 567 g/mol. The van der Waals surface area contributed by atoms with Gasteiger partial charge in [-0.15, -0.1) is 5.01 Å². The molecule has 0 aliphatic heterocycles. The number of rotatable bonds is 24. The summed E-state index contributed by atoms with van der Waals surface area (Å²) < 4.78 is 0.560. The van der Waals surface area contributed by atoms with Gasteiger partial charge in [-0.1, -0.05) is 134 Å². The molecule has 0 spiro atoms. The number of thiol groups is 2. The lowest BCUT2D eigenvalue weighted by Gasteiger charge is -2.33. The lowest BCUT2D eigenvalue weighted by Crippen LogP contribution is -2.67. The summed E-state index contributed by atoms with van der Waals surface area (Å²) in [6.45, 7) is 4.99. The van der Waals surface area contributed by atoms with E-state index < -0.39 is 15.9 Å². The lowest BCUT2D eigenvalue weighted by molar-refractivity contribution is -0.683. The number of nitrogens with zero attached hydrogens (tertiary/aromatic N) is 2. The lowest BCUT2D eigenvalue weighted by atomic mass is 9.93. The molecule has 0 fully saturated rings. The molecular weight excluding hydrogens is 510 g/mol. The van der Waals surface area contributed by atoms with Gasteiger partial charge in [0.15, 0.2) is 12.4 Å². The molecule has 5 nitrogen and oxygen atoms in total. The number of unbranched alkanes of at least 4 members (excludes halogenated alkanes) is 16. The highest BCUT2D eigenvalue weighted by Crippen LogP contribution is 2.32. The molecule has 2 amide bonds. The van der Waals surface area contributed by atoms with Crippen molar-refractivity contribution in [2.24, 2.45) is 5.73 Å². The number of carbonyl (C=O) groups excluding carboxylic acids is 2. The molecule has 2 atom stereocenters. The van der Waals surface area contributed by atoms with Gasteiger partial charge in [0.05, 0.1) is 6.54 Å². The summed E-state index contributed by atoms with van der Waals surface area (Å²) in [5.41, 5.74) is 5.62. The molecule has 2 unspecified atom stereocenters. The first-order valence-electron chi connectivity index (χ1n) is 15.4. The van der Waals surface area contributed by atoms with Crippen LogP contribution < -0.4 is 15.4 Å². The monoisotopic (exact) mass is 566 g/mol. The number of carbonyl (C=O) groups is 2. The van der Waals surface area contributed by atoms with E-state index in [-0.39, 0.29) is 5.91 Å². The molecule has 2 N–H and O–H groups in total. The van der Waals surface area contributed by atoms with Gasteiger partial charge in [-0.05, 0) is 12.8 Å². The largest absolute Gasteiger partial charge is 0.369 e. The van der Waals surface area contributed by atoms with Crippen LogP contribution in [0.5, 0.6) is 0 Å². The molecule has 0 aliphatic carbocycles. The zero-order chi connectivity index (χ0) is 28.1. The van der Waals surface area contributed by atoms with Gasteiger partial charge in [-0.2, -0.15) is 25.3 Å². The fraction of sp³-hybridized carbons (Fsp3) is 0.774. The molecular formula is C31H56N3O2S2+. The topological polar surface area (TPSA) is 67.3 Å². The van der Waals surface area contributed by atoms with Crippen LogP contribution in [0.3, 0.4) is 0 Å². The maximum absolute atomic E-state index is 13.9. The van der Waals surface area contributed by atoms with Crippen LogP contribution in [0.15, 0.2) is 30.6 Å². The second kappa shape index (κ2) is 21.6. The second-order valence-corrected chi connectivity index (χ2v) is 12.1. The van der Waals surface area contributed by atoms with E-state index in [4.69, 9.17) is 18.4 Å². The van der Waals surface area contributed by atoms with E-state index in [9.17, 15) is 9.59 Å². The Morgan fingerprint density at radius 1 is 0.737 bits per heavy atom. The van der Waals surface area contributed by atoms with Gasteiger partial charge < -0.3 is 5.73 Å². The predicted molar refractivity (Wildman–Crippen MR) is 167 cm³/mol. The molecule has 1 rings (SSSR count). The molecule has 0 saturated carbocycles. The number of nitrogens with two attached hydrogens (primary N) is 1. The fourth-order valence-corrected chi connectivity index (χ4v) is 5.61. The Bertz CT molecular complexity index is 750. The SMILES string of the molecule is CCCCCCCCCCCCCCCCN(C(=O)C(S)(CCCCCC)C(S)C(N)=O)[n+]1ccccc1. The van der Waals surface area contributed by atoms with Crippen molar-refractivity contribution in [3.8, 4) is 0 Å². The van der Waals surface area contributed by atoms with E-state index in [1.807, 2.05) is 35.3 Å². The third kappa shape index (κ3) is 13.7. The zero-order valence-electron chi connectivity index (χ0n) is 24.3. The first-order valence-corrected chi connectivity index (χ1v) is 16.3. The summed E-state index contributed by atoms with van der Waals surface area (Å²) in [6.07, 6.45) is 26.2. The van der Waals surface area contributed by atoms with Gasteiger partial charge in [0.25, 0.3) is 5.91 Å². The fourth-order valence-electron chi connectivity index (χ4n) is 4.97. The Morgan fingerprint density at radius 3 is 1.61 bits per heavy atom. The van der Waals surface area contributed by atoms with Crippen LogP contribution >= 0.6 is 25.3 Å². The molecule has 0 aliphatic rings. The minimum Gasteiger partial charge on any atom is -0.369 e. The molecule has 0 saturated heterocycles. The molecule has 0 bridgehead atoms. The zero-order valence-corrected chi connectivity index (χ0v) is 26.1. The summed E-state index contributed by atoms with van der Waals surface area (Å²) in [4.78, 5) is 26.0. The number of amides is 2. The quantitative estimate of drug-likeness (QED) is 0.0696. The maximum Gasteiger partial charge on any atom is 0.295 e. The van der Waals surface area contributed by atoms with Crippen molar-refractivity contribution < 1.29 is 14.3 Å². The van der Waals surface area contributed by atoms with Crippen molar-refractivity contribution in [3.63, 3.8) is 0 Å². The Labute approximate surface area is 244 Å². The third-order valence-corrected chi connectivity index (χ3v) is 9.01. The molecule has 0 aromatic carbocycles. The first-order chi connectivity index (χ1) is 18.4. The van der Waals surface area contributed by atoms with E-state index in [1.165, 1.54) is 77.0 Å². The van der Waals surface area contributed by atoms with Crippen molar-refractivity contribution in [2.75, 3.05) is 11.6 Å². The third-order valence-electron chi connectivity index (χ3n) is 7.44. The van der Waals surface area contributed by atoms with Gasteiger partial charge in [0.2, 0.25) is 5.91 Å². The summed E-state index contributed by atoms with van der Waals surface area (Å²) in [5, 5.41) is 0.766. The highest BCUT2D eigenvalue weighted by atomic mass is 32.1. The average Bonchev–Trinajstić information content (AvgIpc) is 2.92.